The van der Waals surface area contributed by atoms with E-state index in [2.05, 4.69) is 11.8 Å². The summed E-state index contributed by atoms with van der Waals surface area (Å²) in [5.74, 6) is 0. The van der Waals surface area contributed by atoms with E-state index < -0.39 is 5.60 Å². The molecule has 0 aromatic heterocycles. The molecule has 1 rings (SSSR count). The number of rotatable bonds is 4. The van der Waals surface area contributed by atoms with E-state index in [0.29, 0.717) is 0 Å². The van der Waals surface area contributed by atoms with E-state index in [0.717, 1.165) is 24.1 Å². The molecule has 0 aliphatic heterocycles. The second-order valence-electron chi connectivity index (χ2n) is 4.47. The highest BCUT2D eigenvalue weighted by atomic mass is 16.3. The zero-order valence-electron chi connectivity index (χ0n) is 10.1. The summed E-state index contributed by atoms with van der Waals surface area (Å²) in [4.78, 5) is 2.05. The van der Waals surface area contributed by atoms with Crippen molar-refractivity contribution in [1.82, 2.24) is 0 Å². The third-order valence-electron chi connectivity index (χ3n) is 2.74. The van der Waals surface area contributed by atoms with Crippen LogP contribution in [0.2, 0.25) is 0 Å². The molecule has 0 saturated carbocycles. The van der Waals surface area contributed by atoms with Crippen LogP contribution in [0.4, 0.5) is 5.69 Å². The van der Waals surface area contributed by atoms with Gasteiger partial charge in [-0.05, 0) is 31.0 Å². The van der Waals surface area contributed by atoms with Gasteiger partial charge < -0.3 is 10.0 Å². The Morgan fingerprint density at radius 1 is 1.20 bits per heavy atom. The van der Waals surface area contributed by atoms with Crippen molar-refractivity contribution in [2.75, 3.05) is 19.0 Å². The van der Waals surface area contributed by atoms with Crippen LogP contribution >= 0.6 is 0 Å². The second-order valence-corrected chi connectivity index (χ2v) is 4.47. The third kappa shape index (κ3) is 2.96. The summed E-state index contributed by atoms with van der Waals surface area (Å²) in [6.45, 7) is 3.96. The van der Waals surface area contributed by atoms with E-state index in [4.69, 9.17) is 0 Å². The molecule has 0 unspecified atom stereocenters. The molecule has 0 radical (unpaired) electrons. The molecule has 2 nitrogen and oxygen atoms in total. The fourth-order valence-electron chi connectivity index (χ4n) is 1.75. The fraction of sp³-hybridized carbons (Fsp3) is 0.538. The maximum absolute atomic E-state index is 10.2. The molecule has 0 spiro atoms. The normalized spacial score (nSPS) is 14.7. The summed E-state index contributed by atoms with van der Waals surface area (Å²) in [7, 11) is 4.03. The molecule has 0 aliphatic carbocycles. The summed E-state index contributed by atoms with van der Waals surface area (Å²) in [5, 5.41) is 10.2. The minimum absolute atomic E-state index is 0.695. The minimum atomic E-state index is -0.695. The summed E-state index contributed by atoms with van der Waals surface area (Å²) in [5.41, 5.74) is 1.46. The number of benzene rings is 1. The van der Waals surface area contributed by atoms with Gasteiger partial charge in [0.25, 0.3) is 0 Å². The number of aliphatic hydroxyl groups is 1. The predicted molar refractivity (Wildman–Crippen MR) is 65.2 cm³/mol. The molecule has 15 heavy (non-hydrogen) atoms. The van der Waals surface area contributed by atoms with Gasteiger partial charge >= 0.3 is 0 Å². The molecule has 0 aliphatic rings. The highest BCUT2D eigenvalue weighted by molar-refractivity contribution is 5.46. The van der Waals surface area contributed by atoms with Crippen molar-refractivity contribution in [3.8, 4) is 0 Å². The minimum Gasteiger partial charge on any atom is -0.385 e. The molecule has 1 aromatic carbocycles. The predicted octanol–water partition coefficient (Wildman–Crippen LogP) is 2.76. The average molecular weight is 207 g/mol. The average Bonchev–Trinajstić information content (AvgIpc) is 2.18. The van der Waals surface area contributed by atoms with Crippen molar-refractivity contribution in [2.45, 2.75) is 32.3 Å². The molecule has 0 saturated heterocycles. The van der Waals surface area contributed by atoms with Crippen molar-refractivity contribution in [3.63, 3.8) is 0 Å². The van der Waals surface area contributed by atoms with Crippen molar-refractivity contribution in [1.29, 1.82) is 0 Å². The SMILES string of the molecule is CCC[C@@](C)(O)c1ccc(N(C)C)cc1. The van der Waals surface area contributed by atoms with Gasteiger partial charge in [0.2, 0.25) is 0 Å². The monoisotopic (exact) mass is 207 g/mol. The lowest BCUT2D eigenvalue weighted by molar-refractivity contribution is 0.0470. The largest absolute Gasteiger partial charge is 0.385 e. The molecule has 0 bridgehead atoms. The zero-order valence-corrected chi connectivity index (χ0v) is 10.1. The van der Waals surface area contributed by atoms with Gasteiger partial charge in [0.1, 0.15) is 0 Å². The fourth-order valence-corrected chi connectivity index (χ4v) is 1.75. The molecule has 2 heteroatoms. The van der Waals surface area contributed by atoms with E-state index in [9.17, 15) is 5.11 Å². The first-order chi connectivity index (χ1) is 6.97. The zero-order chi connectivity index (χ0) is 11.5. The first kappa shape index (κ1) is 12.1. The summed E-state index contributed by atoms with van der Waals surface area (Å²) < 4.78 is 0. The van der Waals surface area contributed by atoms with Crippen LogP contribution in [0.5, 0.6) is 0 Å². The van der Waals surface area contributed by atoms with Crippen LogP contribution in [0.15, 0.2) is 24.3 Å². The number of anilines is 1. The molecule has 0 heterocycles. The number of hydrogen-bond acceptors (Lipinski definition) is 2. The van der Waals surface area contributed by atoms with Gasteiger partial charge in [-0.25, -0.2) is 0 Å². The third-order valence-corrected chi connectivity index (χ3v) is 2.74. The van der Waals surface area contributed by atoms with Crippen LogP contribution in [-0.4, -0.2) is 19.2 Å². The Balaban J connectivity index is 2.88. The maximum Gasteiger partial charge on any atom is 0.0868 e. The highest BCUT2D eigenvalue weighted by Crippen LogP contribution is 2.27. The van der Waals surface area contributed by atoms with Crippen LogP contribution < -0.4 is 4.90 Å². The molecule has 1 aromatic rings. The molecule has 0 amide bonds. The summed E-state index contributed by atoms with van der Waals surface area (Å²) in [6, 6.07) is 8.09. The van der Waals surface area contributed by atoms with Gasteiger partial charge in [-0.1, -0.05) is 25.5 Å². The van der Waals surface area contributed by atoms with Gasteiger partial charge in [-0.15, -0.1) is 0 Å². The molecule has 1 N–H and O–H groups in total. The standard InChI is InChI=1S/C13H21NO/c1-5-10-13(2,15)11-6-8-12(9-7-11)14(3)4/h6-9,15H,5,10H2,1-4H3/t13-/m1/s1. The van der Waals surface area contributed by atoms with Crippen molar-refractivity contribution < 1.29 is 5.11 Å². The van der Waals surface area contributed by atoms with Crippen LogP contribution in [-0.2, 0) is 5.60 Å². The Kier molecular flexibility index (Phi) is 3.75. The lowest BCUT2D eigenvalue weighted by Crippen LogP contribution is -2.20. The highest BCUT2D eigenvalue weighted by Gasteiger charge is 2.21. The first-order valence-corrected chi connectivity index (χ1v) is 5.47. The first-order valence-electron chi connectivity index (χ1n) is 5.47. The Bertz CT molecular complexity index is 301. The Labute approximate surface area is 92.5 Å². The smallest absolute Gasteiger partial charge is 0.0868 e. The molecular formula is C13H21NO. The van der Waals surface area contributed by atoms with Crippen molar-refractivity contribution in [2.24, 2.45) is 0 Å². The van der Waals surface area contributed by atoms with Gasteiger partial charge in [0.15, 0.2) is 0 Å². The Morgan fingerprint density at radius 2 is 1.73 bits per heavy atom. The van der Waals surface area contributed by atoms with Gasteiger partial charge in [-0.3, -0.25) is 0 Å². The van der Waals surface area contributed by atoms with Crippen LogP contribution in [0, 0.1) is 0 Å². The topological polar surface area (TPSA) is 23.5 Å². The molecule has 0 fully saturated rings. The Hall–Kier alpha value is -1.02. The van der Waals surface area contributed by atoms with Crippen molar-refractivity contribution in [3.05, 3.63) is 29.8 Å². The number of hydrogen-bond donors (Lipinski definition) is 1. The molecule has 1 atom stereocenters. The van der Waals surface area contributed by atoms with Crippen LogP contribution in [0.3, 0.4) is 0 Å². The molecule has 84 valence electrons. The Morgan fingerprint density at radius 3 is 2.13 bits per heavy atom. The summed E-state index contributed by atoms with van der Waals surface area (Å²) >= 11 is 0. The van der Waals surface area contributed by atoms with E-state index in [1.165, 1.54) is 0 Å². The quantitative estimate of drug-likeness (QED) is 0.820. The van der Waals surface area contributed by atoms with E-state index >= 15 is 0 Å². The number of nitrogens with zero attached hydrogens (tertiary/aromatic N) is 1. The van der Waals surface area contributed by atoms with Gasteiger partial charge in [-0.2, -0.15) is 0 Å². The molecular weight excluding hydrogens is 186 g/mol. The maximum atomic E-state index is 10.2. The van der Waals surface area contributed by atoms with E-state index in [1.807, 2.05) is 45.3 Å². The second kappa shape index (κ2) is 4.67. The van der Waals surface area contributed by atoms with Gasteiger partial charge in [0.05, 0.1) is 5.60 Å². The lowest BCUT2D eigenvalue weighted by Gasteiger charge is -2.24. The van der Waals surface area contributed by atoms with Crippen molar-refractivity contribution >= 4 is 5.69 Å². The van der Waals surface area contributed by atoms with Crippen LogP contribution in [0.1, 0.15) is 32.3 Å². The van der Waals surface area contributed by atoms with E-state index in [1.54, 1.807) is 0 Å². The summed E-state index contributed by atoms with van der Waals surface area (Å²) in [6.07, 6.45) is 1.79. The lowest BCUT2D eigenvalue weighted by atomic mass is 9.91. The van der Waals surface area contributed by atoms with E-state index in [-0.39, 0.29) is 0 Å². The van der Waals surface area contributed by atoms with Crippen LogP contribution in [0.25, 0.3) is 0 Å². The van der Waals surface area contributed by atoms with Gasteiger partial charge in [0, 0.05) is 19.8 Å².